The molecule has 59 heavy (non-hydrogen) atoms. The van der Waals surface area contributed by atoms with Crippen molar-refractivity contribution >= 4 is 77.4 Å². The van der Waals surface area contributed by atoms with Crippen LogP contribution >= 0.6 is 23.1 Å². The minimum Gasteiger partial charge on any atom is -0.311 e. The van der Waals surface area contributed by atoms with Crippen LogP contribution in [-0.4, -0.2) is 0 Å². The van der Waals surface area contributed by atoms with E-state index in [0.29, 0.717) is 0 Å². The number of rotatable bonds is 6. The summed E-state index contributed by atoms with van der Waals surface area (Å²) in [4.78, 5) is 7.42. The predicted octanol–water partition coefficient (Wildman–Crippen LogP) is 15.8. The summed E-state index contributed by atoms with van der Waals surface area (Å²) in [5, 5.41) is 2.57. The summed E-state index contributed by atoms with van der Waals surface area (Å²) in [6.45, 7) is 0. The van der Waals surface area contributed by atoms with Gasteiger partial charge in [0.05, 0.1) is 21.5 Å². The standard InChI is InChI=1S/C55H36N2S2/c1-3-17-37(18-4-1)56(38-19-5-2-6-20-38)39-33-35-40(36-34-39)57(49-29-15-24-44-43-23-9-13-31-51(43)58-53(44)49)50-30-16-28-48-54(50)59-52-32-14-12-27-47(52)55(48)45-25-10-7-21-41(45)42-22-8-11-26-46(42)55/h1-36H. The average molecular weight is 789 g/mol. The maximum absolute atomic E-state index is 2.52. The van der Waals surface area contributed by atoms with Crippen molar-refractivity contribution in [2.24, 2.45) is 0 Å². The maximum Gasteiger partial charge on any atom is 0.0736 e. The SMILES string of the molecule is c1ccc(N(c2ccccc2)c2ccc(N(c3cccc4c3Sc3ccccc3C43c4ccccc4-c4ccccc43)c3cccc4c3sc3ccccc34)cc2)cc1. The van der Waals surface area contributed by atoms with E-state index < -0.39 is 5.41 Å². The molecule has 0 atom stereocenters. The monoisotopic (exact) mass is 788 g/mol. The zero-order chi connectivity index (χ0) is 38.9. The highest BCUT2D eigenvalue weighted by Gasteiger charge is 2.50. The molecule has 9 aromatic carbocycles. The van der Waals surface area contributed by atoms with E-state index in [9.17, 15) is 0 Å². The molecule has 10 aromatic rings. The molecule has 4 heteroatoms. The zero-order valence-electron chi connectivity index (χ0n) is 32.0. The Morgan fingerprint density at radius 3 is 1.53 bits per heavy atom. The second kappa shape index (κ2) is 13.6. The Morgan fingerprint density at radius 2 is 0.831 bits per heavy atom. The smallest absolute Gasteiger partial charge is 0.0736 e. The van der Waals surface area contributed by atoms with Crippen LogP contribution in [0.5, 0.6) is 0 Å². The van der Waals surface area contributed by atoms with Gasteiger partial charge >= 0.3 is 0 Å². The fraction of sp³-hybridized carbons (Fsp3) is 0.0182. The van der Waals surface area contributed by atoms with E-state index in [0.717, 1.165) is 22.7 Å². The molecule has 0 unspecified atom stereocenters. The first-order chi connectivity index (χ1) is 29.3. The molecule has 1 aliphatic carbocycles. The molecule has 2 aliphatic rings. The predicted molar refractivity (Wildman–Crippen MR) is 250 cm³/mol. The lowest BCUT2D eigenvalue weighted by molar-refractivity contribution is 0.722. The second-order valence-electron chi connectivity index (χ2n) is 15.2. The van der Waals surface area contributed by atoms with Gasteiger partial charge in [0.1, 0.15) is 0 Å². The molecule has 0 amide bonds. The summed E-state index contributed by atoms with van der Waals surface area (Å²) >= 11 is 3.78. The van der Waals surface area contributed by atoms with Gasteiger partial charge in [0.2, 0.25) is 0 Å². The maximum atomic E-state index is 2.52. The van der Waals surface area contributed by atoms with Gasteiger partial charge in [-0.3, -0.25) is 0 Å². The Balaban J connectivity index is 1.12. The van der Waals surface area contributed by atoms with E-state index in [2.05, 4.69) is 228 Å². The minimum atomic E-state index is -0.467. The van der Waals surface area contributed by atoms with Crippen molar-refractivity contribution < 1.29 is 0 Å². The van der Waals surface area contributed by atoms with Gasteiger partial charge in [-0.05, 0) is 106 Å². The summed E-state index contributed by atoms with van der Waals surface area (Å²) < 4.78 is 2.57. The molecule has 1 aliphatic heterocycles. The number of thiophene rings is 1. The molecule has 2 nitrogen and oxygen atoms in total. The van der Waals surface area contributed by atoms with Crippen LogP contribution in [0.4, 0.5) is 34.1 Å². The van der Waals surface area contributed by atoms with E-state index in [-0.39, 0.29) is 0 Å². The lowest BCUT2D eigenvalue weighted by Crippen LogP contribution is -2.32. The molecule has 0 fully saturated rings. The molecule has 0 radical (unpaired) electrons. The van der Waals surface area contributed by atoms with Crippen LogP contribution in [0, 0.1) is 0 Å². The number of hydrogen-bond acceptors (Lipinski definition) is 4. The first-order valence-corrected chi connectivity index (χ1v) is 21.7. The molecule has 1 spiro atoms. The lowest BCUT2D eigenvalue weighted by Gasteiger charge is -2.41. The molecular weight excluding hydrogens is 753 g/mol. The van der Waals surface area contributed by atoms with Crippen molar-refractivity contribution in [3.05, 3.63) is 241 Å². The number of para-hydroxylation sites is 2. The van der Waals surface area contributed by atoms with Crippen LogP contribution in [0.1, 0.15) is 22.3 Å². The van der Waals surface area contributed by atoms with Gasteiger partial charge in [-0.25, -0.2) is 0 Å². The molecule has 12 rings (SSSR count). The number of fused-ring (bicyclic) bond motifs is 12. The number of nitrogens with zero attached hydrogens (tertiary/aromatic N) is 2. The molecule has 278 valence electrons. The van der Waals surface area contributed by atoms with Crippen LogP contribution < -0.4 is 9.80 Å². The van der Waals surface area contributed by atoms with Crippen molar-refractivity contribution in [3.8, 4) is 11.1 Å². The molecule has 0 bridgehead atoms. The van der Waals surface area contributed by atoms with Crippen LogP contribution in [0.3, 0.4) is 0 Å². The van der Waals surface area contributed by atoms with Crippen molar-refractivity contribution in [1.82, 2.24) is 0 Å². The normalized spacial score (nSPS) is 13.2. The van der Waals surface area contributed by atoms with Crippen molar-refractivity contribution in [1.29, 1.82) is 0 Å². The van der Waals surface area contributed by atoms with Crippen LogP contribution in [0.2, 0.25) is 0 Å². The molecule has 0 saturated carbocycles. The topological polar surface area (TPSA) is 6.48 Å². The first kappa shape index (κ1) is 34.2. The van der Waals surface area contributed by atoms with E-state index >= 15 is 0 Å². The number of benzene rings is 9. The van der Waals surface area contributed by atoms with Crippen LogP contribution in [0.15, 0.2) is 228 Å². The highest BCUT2D eigenvalue weighted by molar-refractivity contribution is 7.99. The fourth-order valence-corrected chi connectivity index (χ4v) is 12.2. The third-order valence-electron chi connectivity index (χ3n) is 12.1. The van der Waals surface area contributed by atoms with Gasteiger partial charge in [0.25, 0.3) is 0 Å². The Kier molecular flexibility index (Phi) is 7.90. The van der Waals surface area contributed by atoms with E-state index in [4.69, 9.17) is 0 Å². The third kappa shape index (κ3) is 5.13. The highest BCUT2D eigenvalue weighted by atomic mass is 32.2. The van der Waals surface area contributed by atoms with Crippen LogP contribution in [-0.2, 0) is 5.41 Å². The molecular formula is C55H36N2S2. The fourth-order valence-electron chi connectivity index (χ4n) is 9.71. The zero-order valence-corrected chi connectivity index (χ0v) is 33.6. The summed E-state index contributed by atoms with van der Waals surface area (Å²) in [6, 6.07) is 80.3. The van der Waals surface area contributed by atoms with E-state index in [1.165, 1.54) is 74.7 Å². The Labute approximate surface area is 352 Å². The van der Waals surface area contributed by atoms with Crippen LogP contribution in [0.25, 0.3) is 31.3 Å². The summed E-state index contributed by atoms with van der Waals surface area (Å²) in [6.07, 6.45) is 0. The highest BCUT2D eigenvalue weighted by Crippen LogP contribution is 2.64. The molecule has 0 N–H and O–H groups in total. The van der Waals surface area contributed by atoms with Gasteiger partial charge in [-0.2, -0.15) is 0 Å². The quantitative estimate of drug-likeness (QED) is 0.166. The largest absolute Gasteiger partial charge is 0.311 e. The molecule has 0 saturated heterocycles. The summed E-state index contributed by atoms with van der Waals surface area (Å²) in [5.74, 6) is 0. The minimum absolute atomic E-state index is 0.467. The van der Waals surface area contributed by atoms with E-state index in [1.807, 2.05) is 23.1 Å². The molecule has 2 heterocycles. The summed E-state index contributed by atoms with van der Waals surface area (Å²) in [5.41, 5.74) is 14.3. The van der Waals surface area contributed by atoms with Crippen molar-refractivity contribution in [3.63, 3.8) is 0 Å². The lowest BCUT2D eigenvalue weighted by atomic mass is 9.67. The van der Waals surface area contributed by atoms with Gasteiger partial charge in [0.15, 0.2) is 0 Å². The Bertz CT molecular complexity index is 3120. The number of hydrogen-bond donors (Lipinski definition) is 0. The van der Waals surface area contributed by atoms with E-state index in [1.54, 1.807) is 0 Å². The van der Waals surface area contributed by atoms with Gasteiger partial charge in [-0.15, -0.1) is 11.3 Å². The van der Waals surface area contributed by atoms with Gasteiger partial charge in [-0.1, -0.05) is 157 Å². The van der Waals surface area contributed by atoms with Gasteiger partial charge in [0, 0.05) is 48.0 Å². The third-order valence-corrected chi connectivity index (χ3v) is 14.5. The van der Waals surface area contributed by atoms with Crippen molar-refractivity contribution in [2.75, 3.05) is 9.80 Å². The van der Waals surface area contributed by atoms with Crippen molar-refractivity contribution in [2.45, 2.75) is 15.2 Å². The number of anilines is 6. The first-order valence-electron chi connectivity index (χ1n) is 20.1. The summed E-state index contributed by atoms with van der Waals surface area (Å²) in [7, 11) is 0. The van der Waals surface area contributed by atoms with Gasteiger partial charge < -0.3 is 9.80 Å². The Hall–Kier alpha value is -6.85. The second-order valence-corrected chi connectivity index (χ2v) is 17.3. The molecule has 1 aromatic heterocycles. The average Bonchev–Trinajstić information content (AvgIpc) is 3.83. The Morgan fingerprint density at radius 1 is 0.339 bits per heavy atom.